The smallest absolute Gasteiger partial charge is 0.206 e. The van der Waals surface area contributed by atoms with Crippen molar-refractivity contribution in [2.75, 3.05) is 57.4 Å². The van der Waals surface area contributed by atoms with Crippen molar-refractivity contribution in [2.24, 2.45) is 0 Å². The molecule has 0 saturated heterocycles. The molecule has 0 aromatic heterocycles. The second-order valence-corrected chi connectivity index (χ2v) is 19.4. The van der Waals surface area contributed by atoms with E-state index in [-0.39, 0.29) is 22.7 Å². The van der Waals surface area contributed by atoms with Gasteiger partial charge in [0, 0.05) is 65.7 Å². The van der Waals surface area contributed by atoms with Crippen LogP contribution < -0.4 is 19.5 Å². The third-order valence-corrected chi connectivity index (χ3v) is 14.9. The maximum absolute atomic E-state index is 13.8. The van der Waals surface area contributed by atoms with Crippen LogP contribution in [-0.4, -0.2) is 90.4 Å². The van der Waals surface area contributed by atoms with E-state index in [2.05, 4.69) is 120 Å². The van der Waals surface area contributed by atoms with E-state index in [4.69, 9.17) is 9.47 Å². The lowest BCUT2D eigenvalue weighted by atomic mass is 9.80. The van der Waals surface area contributed by atoms with E-state index >= 15 is 0 Å². The Morgan fingerprint density at radius 2 is 1.01 bits per heavy atom. The molecule has 7 rings (SSSR count). The van der Waals surface area contributed by atoms with Gasteiger partial charge in [-0.3, -0.25) is 4.79 Å². The molecule has 0 atom stereocenters. The molecule has 3 aromatic rings. The summed E-state index contributed by atoms with van der Waals surface area (Å²) in [5, 5.41) is 13.8. The van der Waals surface area contributed by atoms with E-state index in [0.29, 0.717) is 23.2 Å². The molecule has 4 aliphatic carbocycles. The number of benzene rings is 3. The Hall–Kier alpha value is -4.92. The third kappa shape index (κ3) is 13.7. The zero-order chi connectivity index (χ0) is 47.5. The van der Waals surface area contributed by atoms with Crippen molar-refractivity contribution < 1.29 is 24.0 Å². The van der Waals surface area contributed by atoms with Crippen molar-refractivity contribution in [3.63, 3.8) is 0 Å². The Bertz CT molecular complexity index is 2160. The van der Waals surface area contributed by atoms with Gasteiger partial charge in [0.25, 0.3) is 0 Å². The van der Waals surface area contributed by atoms with E-state index in [1.165, 1.54) is 90.1 Å². The summed E-state index contributed by atoms with van der Waals surface area (Å²) in [7, 11) is 0. The zero-order valence-electron chi connectivity index (χ0n) is 42.2. The van der Waals surface area contributed by atoms with Crippen LogP contribution in [0.15, 0.2) is 114 Å². The van der Waals surface area contributed by atoms with Gasteiger partial charge >= 0.3 is 0 Å². The number of ketones is 1. The number of anilines is 2. The molecule has 4 aliphatic rings. The summed E-state index contributed by atoms with van der Waals surface area (Å²) < 4.78 is 14.8. The third-order valence-electron chi connectivity index (χ3n) is 14.9. The number of carbonyl (C=O) groups is 1. The molecule has 0 N–H and O–H groups in total. The first-order valence-electron chi connectivity index (χ1n) is 26.9. The fraction of sp³-hybridized carbons (Fsp3) is 0.533. The van der Waals surface area contributed by atoms with Gasteiger partial charge < -0.3 is 29.3 Å². The average molecular weight is 923 g/mol. The molecule has 0 radical (unpaired) electrons. The van der Waals surface area contributed by atoms with Crippen LogP contribution >= 0.6 is 0 Å². The lowest BCUT2D eigenvalue weighted by molar-refractivity contribution is -0.488. The van der Waals surface area contributed by atoms with Crippen molar-refractivity contribution in [3.05, 3.63) is 120 Å². The molecule has 0 spiro atoms. The minimum atomic E-state index is -0.172. The van der Waals surface area contributed by atoms with Gasteiger partial charge in [-0.05, 0) is 162 Å². The van der Waals surface area contributed by atoms with Crippen molar-refractivity contribution in [2.45, 2.75) is 155 Å². The van der Waals surface area contributed by atoms with E-state index in [1.54, 1.807) is 0 Å². The molecule has 68 heavy (non-hydrogen) atoms. The first-order chi connectivity index (χ1) is 33.4. The highest BCUT2D eigenvalue weighted by molar-refractivity contribution is 6.39. The highest BCUT2D eigenvalue weighted by atomic mass is 16.5. The van der Waals surface area contributed by atoms with Crippen LogP contribution in [0.4, 0.5) is 17.1 Å². The topological polar surface area (TPSA) is 71.3 Å². The molecule has 0 aliphatic heterocycles. The molecule has 3 aromatic carbocycles. The minimum absolute atomic E-state index is 0.172. The minimum Gasteiger partial charge on any atom is -0.871 e. The van der Waals surface area contributed by atoms with Crippen LogP contribution in [0.3, 0.4) is 0 Å². The van der Waals surface area contributed by atoms with Crippen LogP contribution in [0.2, 0.25) is 0 Å². The predicted octanol–water partition coefficient (Wildman–Crippen LogP) is 12.9. The molecular formula is C60H82N4O4. The lowest BCUT2D eigenvalue weighted by Gasteiger charge is -2.37. The van der Waals surface area contributed by atoms with Gasteiger partial charge in [-0.2, -0.15) is 4.58 Å². The summed E-state index contributed by atoms with van der Waals surface area (Å²) in [5.41, 5.74) is 6.38. The zero-order valence-corrected chi connectivity index (χ0v) is 42.2. The number of hydrogen-bond acceptors (Lipinski definition) is 7. The van der Waals surface area contributed by atoms with E-state index in [1.807, 2.05) is 24.3 Å². The maximum Gasteiger partial charge on any atom is 0.206 e. The average Bonchev–Trinajstić information content (AvgIpc) is 3.38. The largest absolute Gasteiger partial charge is 0.871 e. The van der Waals surface area contributed by atoms with Crippen LogP contribution in [0, 0.1) is 0 Å². The van der Waals surface area contributed by atoms with Crippen molar-refractivity contribution in [3.8, 4) is 11.5 Å². The molecule has 8 heteroatoms. The van der Waals surface area contributed by atoms with Gasteiger partial charge in [0.15, 0.2) is 11.8 Å². The number of carbonyl (C=O) groups excluding carboxylic acids is 1. The number of unbranched alkanes of at least 4 members (excludes halogenated alkanes) is 6. The molecule has 366 valence electrons. The summed E-state index contributed by atoms with van der Waals surface area (Å²) in [4.78, 5) is 21.3. The van der Waals surface area contributed by atoms with Gasteiger partial charge in [0.2, 0.25) is 11.4 Å². The molecule has 8 nitrogen and oxygen atoms in total. The Labute approximate surface area is 410 Å². The molecule has 2 fully saturated rings. The Kier molecular flexibility index (Phi) is 20.0. The van der Waals surface area contributed by atoms with E-state index in [0.717, 1.165) is 112 Å². The highest BCUT2D eigenvalue weighted by Crippen LogP contribution is 2.40. The monoisotopic (exact) mass is 923 g/mol. The van der Waals surface area contributed by atoms with Gasteiger partial charge in [0.05, 0.1) is 13.2 Å². The van der Waals surface area contributed by atoms with Gasteiger partial charge in [-0.15, -0.1) is 0 Å². The van der Waals surface area contributed by atoms with Gasteiger partial charge in [-0.25, -0.2) is 0 Å². The van der Waals surface area contributed by atoms with Gasteiger partial charge in [-0.1, -0.05) is 97.0 Å². The fourth-order valence-electron chi connectivity index (χ4n) is 10.8. The maximum atomic E-state index is 13.8. The Balaban J connectivity index is 0.986. The molecule has 0 unspecified atom stereocenters. The SMILES string of the molecule is CCN(CC)CCCCCCOc1ccc(N(c2ccc(C3=C([O-])C(=C4C=CC(=[N+](c5ccc(OCCCCCCN(CC)CC)cc5)C5CCCCC5)C=C4)C3=O)cc2)C2CCCCC2)cc1. The second kappa shape index (κ2) is 26.7. The summed E-state index contributed by atoms with van der Waals surface area (Å²) >= 11 is 0. The summed E-state index contributed by atoms with van der Waals surface area (Å²) in [6, 6.07) is 26.0. The number of rotatable bonds is 26. The van der Waals surface area contributed by atoms with Crippen LogP contribution in [0.25, 0.3) is 5.57 Å². The number of ether oxygens (including phenoxy) is 2. The van der Waals surface area contributed by atoms with Gasteiger partial charge in [0.1, 0.15) is 11.5 Å². The second-order valence-electron chi connectivity index (χ2n) is 19.4. The van der Waals surface area contributed by atoms with Crippen LogP contribution in [0.5, 0.6) is 11.5 Å². The molecule has 0 heterocycles. The Morgan fingerprint density at radius 3 is 1.51 bits per heavy atom. The summed E-state index contributed by atoms with van der Waals surface area (Å²) in [6.45, 7) is 17.3. The number of Topliss-reactive ketones (excluding diaryl/α,β-unsaturated/α-hetero) is 1. The van der Waals surface area contributed by atoms with Crippen LogP contribution in [0.1, 0.15) is 149 Å². The van der Waals surface area contributed by atoms with Crippen molar-refractivity contribution in [1.29, 1.82) is 0 Å². The fourth-order valence-corrected chi connectivity index (χ4v) is 10.8. The summed E-state index contributed by atoms with van der Waals surface area (Å²) in [6.07, 6.45) is 29.6. The lowest BCUT2D eigenvalue weighted by Crippen LogP contribution is -2.33. The molecule has 0 amide bonds. The first-order valence-corrected chi connectivity index (χ1v) is 26.9. The molecule has 2 saturated carbocycles. The quantitative estimate of drug-likeness (QED) is 0.0451. The van der Waals surface area contributed by atoms with Crippen LogP contribution in [-0.2, 0) is 4.79 Å². The first kappa shape index (κ1) is 50.9. The van der Waals surface area contributed by atoms with E-state index in [9.17, 15) is 9.90 Å². The Morgan fingerprint density at radius 1 is 0.544 bits per heavy atom. The molecule has 0 bridgehead atoms. The summed E-state index contributed by atoms with van der Waals surface area (Å²) in [5.74, 6) is 1.47. The standard InChI is InChI=1S/C60H82N4O4/c1-5-61(6-2)43-19-9-11-21-45-67-55-39-35-53(36-40-55)63(49-23-15-13-16-24-49)51-31-27-47(28-32-51)57-59(65)58(60(57)66)48-29-33-52(34-30-48)64(50-25-17-14-18-26-50)54-37-41-56(42-38-54)68-46-22-12-10-20-44-62(7-3)8-4/h27-42,49-50H,5-26,43-46H2,1-4H3. The van der Waals surface area contributed by atoms with E-state index < -0.39 is 0 Å². The highest BCUT2D eigenvalue weighted by Gasteiger charge is 2.33. The number of nitrogens with zero attached hydrogens (tertiary/aromatic N) is 4. The van der Waals surface area contributed by atoms with Crippen molar-refractivity contribution >= 4 is 34.1 Å². The predicted molar refractivity (Wildman–Crippen MR) is 281 cm³/mol. The number of hydrogen-bond donors (Lipinski definition) is 0. The normalized spacial score (nSPS) is 16.9. The number of allylic oxidation sites excluding steroid dienone is 7. The molecular weight excluding hydrogens is 841 g/mol. The van der Waals surface area contributed by atoms with Crippen molar-refractivity contribution in [1.82, 2.24) is 9.80 Å².